The third-order valence-electron chi connectivity index (χ3n) is 7.47. The highest BCUT2D eigenvalue weighted by molar-refractivity contribution is 6.06. The third kappa shape index (κ3) is 6.66. The van der Waals surface area contributed by atoms with Crippen molar-refractivity contribution in [1.29, 1.82) is 0 Å². The van der Waals surface area contributed by atoms with Crippen molar-refractivity contribution in [2.45, 2.75) is 20.8 Å². The second-order valence-corrected chi connectivity index (χ2v) is 10.5. The van der Waals surface area contributed by atoms with Crippen molar-refractivity contribution < 1.29 is 28.5 Å². The maximum Gasteiger partial charge on any atom is 0.262 e. The SMILES string of the molecule is COc1cc(-c2ccccc2C)ccc1Oc1nc(Nc2cc(OC)c(OC)c(OC)c2)ncc1C(=O)Nc1c(C)cccc1C. The van der Waals surface area contributed by atoms with Crippen molar-refractivity contribution in [2.24, 2.45) is 0 Å². The molecule has 0 fully saturated rings. The zero-order chi connectivity index (χ0) is 32.8. The summed E-state index contributed by atoms with van der Waals surface area (Å²) in [5, 5.41) is 6.15. The Labute approximate surface area is 268 Å². The zero-order valence-electron chi connectivity index (χ0n) is 26.8. The van der Waals surface area contributed by atoms with Crippen LogP contribution in [-0.4, -0.2) is 44.3 Å². The maximum atomic E-state index is 13.7. The Balaban J connectivity index is 1.55. The summed E-state index contributed by atoms with van der Waals surface area (Å²) < 4.78 is 28.5. The molecule has 0 radical (unpaired) electrons. The van der Waals surface area contributed by atoms with Gasteiger partial charge in [-0.1, -0.05) is 48.5 Å². The van der Waals surface area contributed by atoms with Crippen molar-refractivity contribution in [3.63, 3.8) is 0 Å². The highest BCUT2D eigenvalue weighted by atomic mass is 16.5. The molecule has 10 heteroatoms. The minimum Gasteiger partial charge on any atom is -0.493 e. The molecule has 10 nitrogen and oxygen atoms in total. The number of rotatable bonds is 11. The number of anilines is 3. The first kappa shape index (κ1) is 31.6. The van der Waals surface area contributed by atoms with E-state index < -0.39 is 5.91 Å². The first-order chi connectivity index (χ1) is 22.3. The van der Waals surface area contributed by atoms with Crippen LogP contribution in [0.3, 0.4) is 0 Å². The van der Waals surface area contributed by atoms with E-state index in [2.05, 4.69) is 33.6 Å². The molecule has 4 aromatic carbocycles. The summed E-state index contributed by atoms with van der Waals surface area (Å²) in [6, 6.07) is 23.0. The topological polar surface area (TPSA) is 113 Å². The standard InChI is InChI=1S/C36H36N4O6/c1-21-11-8-9-14-26(21)24-15-16-28(29(17-24)42-4)46-35-27(34(41)39-32-22(2)12-10-13-23(32)3)20-37-36(40-35)38-25-18-30(43-5)33(45-7)31(19-25)44-6/h8-20H,1-7H3,(H,39,41)(H,37,38,40). The smallest absolute Gasteiger partial charge is 0.262 e. The van der Waals surface area contributed by atoms with Crippen LogP contribution in [0, 0.1) is 20.8 Å². The third-order valence-corrected chi connectivity index (χ3v) is 7.47. The van der Waals surface area contributed by atoms with Crippen LogP contribution in [0.15, 0.2) is 79.0 Å². The molecule has 5 rings (SSSR count). The van der Waals surface area contributed by atoms with Crippen molar-refractivity contribution in [2.75, 3.05) is 39.1 Å². The van der Waals surface area contributed by atoms with Gasteiger partial charge in [0.25, 0.3) is 5.91 Å². The number of aryl methyl sites for hydroxylation is 3. The number of nitrogens with one attached hydrogen (secondary N) is 2. The fourth-order valence-electron chi connectivity index (χ4n) is 5.06. The fourth-order valence-corrected chi connectivity index (χ4v) is 5.06. The number of benzene rings is 4. The molecule has 2 N–H and O–H groups in total. The quantitative estimate of drug-likeness (QED) is 0.152. The molecule has 236 valence electrons. The maximum absolute atomic E-state index is 13.7. The number of para-hydroxylation sites is 1. The Bertz CT molecular complexity index is 1850. The number of hydrogen-bond acceptors (Lipinski definition) is 9. The van der Waals surface area contributed by atoms with Gasteiger partial charge < -0.3 is 34.3 Å². The van der Waals surface area contributed by atoms with Gasteiger partial charge in [0.15, 0.2) is 23.0 Å². The van der Waals surface area contributed by atoms with E-state index in [1.54, 1.807) is 25.3 Å². The highest BCUT2D eigenvalue weighted by Crippen LogP contribution is 2.41. The second kappa shape index (κ2) is 13.9. The molecule has 0 spiro atoms. The average molecular weight is 621 g/mol. The number of aromatic nitrogens is 2. The molecule has 0 saturated carbocycles. The van der Waals surface area contributed by atoms with E-state index in [9.17, 15) is 4.79 Å². The van der Waals surface area contributed by atoms with Gasteiger partial charge in [0.05, 0.1) is 28.4 Å². The average Bonchev–Trinajstić information content (AvgIpc) is 3.06. The monoisotopic (exact) mass is 620 g/mol. The Morgan fingerprint density at radius 3 is 1.98 bits per heavy atom. The molecule has 0 atom stereocenters. The minimum atomic E-state index is -0.428. The van der Waals surface area contributed by atoms with Gasteiger partial charge in [-0.05, 0) is 60.7 Å². The predicted molar refractivity (Wildman–Crippen MR) is 179 cm³/mol. The summed E-state index contributed by atoms with van der Waals surface area (Å²) in [5.41, 5.74) is 6.40. The molecule has 0 unspecified atom stereocenters. The van der Waals surface area contributed by atoms with Crippen LogP contribution in [0.4, 0.5) is 17.3 Å². The zero-order valence-corrected chi connectivity index (χ0v) is 26.8. The molecule has 0 aliphatic carbocycles. The van der Waals surface area contributed by atoms with E-state index >= 15 is 0 Å². The van der Waals surface area contributed by atoms with Gasteiger partial charge in [-0.25, -0.2) is 4.98 Å². The first-order valence-electron chi connectivity index (χ1n) is 14.5. The molecule has 0 bridgehead atoms. The van der Waals surface area contributed by atoms with Crippen LogP contribution >= 0.6 is 0 Å². The Morgan fingerprint density at radius 1 is 0.696 bits per heavy atom. The number of hydrogen-bond donors (Lipinski definition) is 2. The number of amides is 1. The van der Waals surface area contributed by atoms with Gasteiger partial charge in [0, 0.05) is 29.7 Å². The van der Waals surface area contributed by atoms with Gasteiger partial charge >= 0.3 is 0 Å². The lowest BCUT2D eigenvalue weighted by molar-refractivity contribution is 0.102. The lowest BCUT2D eigenvalue weighted by Crippen LogP contribution is -2.16. The van der Waals surface area contributed by atoms with Crippen molar-refractivity contribution in [1.82, 2.24) is 9.97 Å². The lowest BCUT2D eigenvalue weighted by Gasteiger charge is -2.17. The van der Waals surface area contributed by atoms with Crippen molar-refractivity contribution in [3.05, 3.63) is 101 Å². The largest absolute Gasteiger partial charge is 0.493 e. The van der Waals surface area contributed by atoms with Crippen LogP contribution in [0.2, 0.25) is 0 Å². The summed E-state index contributed by atoms with van der Waals surface area (Å²) >= 11 is 0. The summed E-state index contributed by atoms with van der Waals surface area (Å²) in [5.74, 6) is 1.95. The van der Waals surface area contributed by atoms with Gasteiger partial charge in [-0.3, -0.25) is 4.79 Å². The molecule has 46 heavy (non-hydrogen) atoms. The fraction of sp³-hybridized carbons (Fsp3) is 0.194. The van der Waals surface area contributed by atoms with E-state index in [4.69, 9.17) is 23.7 Å². The van der Waals surface area contributed by atoms with Crippen LogP contribution in [0.25, 0.3) is 11.1 Å². The molecule has 1 heterocycles. The summed E-state index contributed by atoms with van der Waals surface area (Å²) in [7, 11) is 6.16. The second-order valence-electron chi connectivity index (χ2n) is 10.5. The van der Waals surface area contributed by atoms with E-state index in [0.29, 0.717) is 40.1 Å². The van der Waals surface area contributed by atoms with Crippen LogP contribution in [-0.2, 0) is 0 Å². The molecule has 0 saturated heterocycles. The van der Waals surface area contributed by atoms with Gasteiger partial charge in [-0.2, -0.15) is 4.98 Å². The van der Waals surface area contributed by atoms with Crippen LogP contribution in [0.5, 0.6) is 34.6 Å². The molecule has 1 aromatic heterocycles. The van der Waals surface area contributed by atoms with Crippen LogP contribution in [0.1, 0.15) is 27.0 Å². The lowest BCUT2D eigenvalue weighted by atomic mass is 10.0. The molecule has 5 aromatic rings. The molecule has 0 aliphatic heterocycles. The number of carbonyl (C=O) groups excluding carboxylic acids is 1. The van der Waals surface area contributed by atoms with Gasteiger partial charge in [0.2, 0.25) is 17.6 Å². The Morgan fingerprint density at radius 2 is 1.35 bits per heavy atom. The first-order valence-corrected chi connectivity index (χ1v) is 14.5. The molecular weight excluding hydrogens is 584 g/mol. The highest BCUT2D eigenvalue weighted by Gasteiger charge is 2.21. The Kier molecular flexibility index (Phi) is 9.56. The van der Waals surface area contributed by atoms with E-state index in [0.717, 1.165) is 27.8 Å². The van der Waals surface area contributed by atoms with E-state index in [1.807, 2.05) is 62.4 Å². The number of methoxy groups -OCH3 is 4. The summed E-state index contributed by atoms with van der Waals surface area (Å²) in [6.07, 6.45) is 1.42. The van der Waals surface area contributed by atoms with Gasteiger partial charge in [0.1, 0.15) is 5.56 Å². The summed E-state index contributed by atoms with van der Waals surface area (Å²) in [6.45, 7) is 5.92. The minimum absolute atomic E-state index is 0.0237. The number of carbonyl (C=O) groups is 1. The summed E-state index contributed by atoms with van der Waals surface area (Å²) in [4.78, 5) is 22.8. The predicted octanol–water partition coefficient (Wildman–Crippen LogP) is 7.89. The number of ether oxygens (including phenoxy) is 5. The Hall–Kier alpha value is -5.77. The van der Waals surface area contributed by atoms with Crippen molar-refractivity contribution >= 4 is 23.2 Å². The van der Waals surface area contributed by atoms with E-state index in [-0.39, 0.29) is 17.4 Å². The van der Waals surface area contributed by atoms with Crippen LogP contribution < -0.4 is 34.3 Å². The van der Waals surface area contributed by atoms with E-state index in [1.165, 1.54) is 27.5 Å². The molecule has 1 amide bonds. The molecular formula is C36H36N4O6. The normalized spacial score (nSPS) is 10.6. The van der Waals surface area contributed by atoms with Gasteiger partial charge in [-0.15, -0.1) is 0 Å². The number of nitrogens with zero attached hydrogens (tertiary/aromatic N) is 2. The molecule has 0 aliphatic rings. The van der Waals surface area contributed by atoms with Crippen molar-refractivity contribution in [3.8, 4) is 45.8 Å².